The van der Waals surface area contributed by atoms with Crippen LogP contribution in [0.4, 0.5) is 0 Å². The maximum absolute atomic E-state index is 13.2. The molecule has 0 saturated heterocycles. The number of hydrogen-bond acceptors (Lipinski definition) is 5. The molecule has 0 heterocycles. The number of carbonyl (C=O) groups excluding carboxylic acids is 1. The zero-order valence-electron chi connectivity index (χ0n) is 15.5. The number of Topliss-reactive ketones (excluding diaryl/α,β-unsaturated/α-hetero) is 1. The summed E-state index contributed by atoms with van der Waals surface area (Å²) in [5.41, 5.74) is 0.417. The molecule has 0 fully saturated rings. The maximum atomic E-state index is 13.2. The minimum Gasteiger partial charge on any atom is -0.294 e. The molecule has 29 heavy (non-hydrogen) atoms. The molecule has 0 saturated carbocycles. The van der Waals surface area contributed by atoms with Crippen molar-refractivity contribution in [1.29, 1.82) is 0 Å². The highest BCUT2D eigenvalue weighted by Gasteiger charge is 2.39. The Labute approximate surface area is 170 Å². The van der Waals surface area contributed by atoms with E-state index < -0.39 is 24.3 Å². The molecule has 0 aliphatic carbocycles. The van der Waals surface area contributed by atoms with Crippen LogP contribution < -0.4 is 0 Å². The topological polar surface area (TPSA) is 85.3 Å². The third-order valence-electron chi connectivity index (χ3n) is 4.54. The van der Waals surface area contributed by atoms with Gasteiger partial charge in [0.25, 0.3) is 0 Å². The smallest absolute Gasteiger partial charge is 0.195 e. The van der Waals surface area contributed by atoms with Gasteiger partial charge in [0.05, 0.1) is 9.79 Å². The van der Waals surface area contributed by atoms with E-state index in [2.05, 4.69) is 0 Å². The molecular weight excluding hydrogens is 408 g/mol. The lowest BCUT2D eigenvalue weighted by Gasteiger charge is -2.18. The Balaban J connectivity index is 1.99. The van der Waals surface area contributed by atoms with Gasteiger partial charge in [-0.3, -0.25) is 4.79 Å². The summed E-state index contributed by atoms with van der Waals surface area (Å²) in [6.45, 7) is 0. The second-order valence-corrected chi connectivity index (χ2v) is 11.0. The number of sulfone groups is 2. The summed E-state index contributed by atoms with van der Waals surface area (Å²) in [6.07, 6.45) is -0.533. The van der Waals surface area contributed by atoms with Crippen molar-refractivity contribution in [2.24, 2.45) is 0 Å². The number of rotatable bonds is 8. The Bertz CT molecular complexity index is 1100. The molecular formula is C22H20O5S2. The van der Waals surface area contributed by atoms with Crippen LogP contribution in [0.1, 0.15) is 23.2 Å². The van der Waals surface area contributed by atoms with E-state index in [0.717, 1.165) is 0 Å². The standard InChI is InChI=1S/C22H20O5S2/c23-21(18-10-4-1-5-11-18)16-17-22(28(24,25)19-12-6-2-7-13-19)29(26,27)20-14-8-3-9-15-20/h1-15,22H,16-17H2. The molecule has 3 aromatic carbocycles. The number of carbonyl (C=O) groups is 1. The average Bonchev–Trinajstić information content (AvgIpc) is 2.75. The second-order valence-electron chi connectivity index (χ2n) is 6.47. The van der Waals surface area contributed by atoms with Gasteiger partial charge in [-0.25, -0.2) is 16.8 Å². The van der Waals surface area contributed by atoms with Gasteiger partial charge >= 0.3 is 0 Å². The number of benzene rings is 3. The average molecular weight is 429 g/mol. The van der Waals surface area contributed by atoms with Crippen LogP contribution in [0.3, 0.4) is 0 Å². The van der Waals surface area contributed by atoms with E-state index >= 15 is 0 Å². The van der Waals surface area contributed by atoms with Gasteiger partial charge in [-0.05, 0) is 30.7 Å². The SMILES string of the molecule is O=C(CCC(S(=O)(=O)c1ccccc1)S(=O)(=O)c1ccccc1)c1ccccc1. The highest BCUT2D eigenvalue weighted by atomic mass is 32.3. The molecule has 0 aromatic heterocycles. The fourth-order valence-corrected chi connectivity index (χ4v) is 7.56. The Morgan fingerprint density at radius 1 is 0.621 bits per heavy atom. The van der Waals surface area contributed by atoms with Crippen molar-refractivity contribution in [3.8, 4) is 0 Å². The van der Waals surface area contributed by atoms with Crippen molar-refractivity contribution < 1.29 is 21.6 Å². The fraction of sp³-hybridized carbons (Fsp3) is 0.136. The predicted octanol–water partition coefficient (Wildman–Crippen LogP) is 3.92. The van der Waals surface area contributed by atoms with Gasteiger partial charge in [-0.2, -0.15) is 0 Å². The van der Waals surface area contributed by atoms with Crippen LogP contribution in [-0.2, 0) is 19.7 Å². The summed E-state index contributed by atoms with van der Waals surface area (Å²) >= 11 is 0. The van der Waals surface area contributed by atoms with Crippen LogP contribution >= 0.6 is 0 Å². The minimum atomic E-state index is -4.22. The van der Waals surface area contributed by atoms with Gasteiger partial charge in [0.15, 0.2) is 30.0 Å². The molecule has 0 aliphatic rings. The molecule has 7 heteroatoms. The Kier molecular flexibility index (Phi) is 6.30. The van der Waals surface area contributed by atoms with Crippen LogP contribution in [0, 0.1) is 0 Å². The fourth-order valence-electron chi connectivity index (χ4n) is 3.02. The summed E-state index contributed by atoms with van der Waals surface area (Å²) < 4.78 is 51.1. The van der Waals surface area contributed by atoms with Gasteiger partial charge in [0.2, 0.25) is 0 Å². The molecule has 5 nitrogen and oxygen atoms in total. The largest absolute Gasteiger partial charge is 0.294 e. The van der Waals surface area contributed by atoms with Gasteiger partial charge < -0.3 is 0 Å². The predicted molar refractivity (Wildman–Crippen MR) is 111 cm³/mol. The molecule has 0 spiro atoms. The molecule has 3 aromatic rings. The molecule has 0 amide bonds. The third-order valence-corrected chi connectivity index (χ3v) is 9.77. The molecule has 0 radical (unpaired) electrons. The zero-order chi connectivity index (χ0) is 20.9. The summed E-state index contributed by atoms with van der Waals surface area (Å²) in [5, 5.41) is 0. The van der Waals surface area contributed by atoms with Crippen LogP contribution in [0.25, 0.3) is 0 Å². The molecule has 0 bridgehead atoms. The van der Waals surface area contributed by atoms with Crippen LogP contribution in [0.2, 0.25) is 0 Å². The molecule has 0 aliphatic heterocycles. The van der Waals surface area contributed by atoms with Crippen molar-refractivity contribution >= 4 is 25.5 Å². The summed E-state index contributed by atoms with van der Waals surface area (Å²) in [4.78, 5) is 12.3. The van der Waals surface area contributed by atoms with Crippen molar-refractivity contribution in [3.05, 3.63) is 96.6 Å². The van der Waals surface area contributed by atoms with Crippen LogP contribution in [0.15, 0.2) is 101 Å². The van der Waals surface area contributed by atoms with Crippen molar-refractivity contribution in [2.45, 2.75) is 27.2 Å². The van der Waals surface area contributed by atoms with Crippen molar-refractivity contribution in [1.82, 2.24) is 0 Å². The molecule has 0 unspecified atom stereocenters. The number of ketones is 1. The first-order chi connectivity index (χ1) is 13.8. The summed E-state index contributed by atoms with van der Waals surface area (Å²) in [7, 11) is -8.45. The van der Waals surface area contributed by atoms with E-state index in [4.69, 9.17) is 0 Å². The van der Waals surface area contributed by atoms with Gasteiger partial charge in [0.1, 0.15) is 0 Å². The highest BCUT2D eigenvalue weighted by molar-refractivity contribution is 8.09. The van der Waals surface area contributed by atoms with E-state index in [9.17, 15) is 21.6 Å². The highest BCUT2D eigenvalue weighted by Crippen LogP contribution is 2.29. The molecule has 3 rings (SSSR count). The quantitative estimate of drug-likeness (QED) is 0.508. The third kappa shape index (κ3) is 4.63. The summed E-state index contributed by atoms with van der Waals surface area (Å²) in [5.74, 6) is -0.304. The lowest BCUT2D eigenvalue weighted by Crippen LogP contribution is -2.31. The van der Waals surface area contributed by atoms with E-state index in [1.807, 2.05) is 0 Å². The first-order valence-electron chi connectivity index (χ1n) is 8.99. The van der Waals surface area contributed by atoms with E-state index in [0.29, 0.717) is 5.56 Å². The van der Waals surface area contributed by atoms with Gasteiger partial charge in [-0.1, -0.05) is 66.7 Å². The molecule has 150 valence electrons. The Hall–Kier alpha value is -2.77. The van der Waals surface area contributed by atoms with Gasteiger partial charge in [-0.15, -0.1) is 0 Å². The van der Waals surface area contributed by atoms with Crippen molar-refractivity contribution in [3.63, 3.8) is 0 Å². The van der Waals surface area contributed by atoms with E-state index in [1.54, 1.807) is 42.5 Å². The lowest BCUT2D eigenvalue weighted by molar-refractivity contribution is 0.0981. The van der Waals surface area contributed by atoms with Crippen LogP contribution in [0.5, 0.6) is 0 Å². The molecule has 0 N–H and O–H groups in total. The molecule has 0 atom stereocenters. The van der Waals surface area contributed by atoms with Crippen LogP contribution in [-0.4, -0.2) is 27.2 Å². The Morgan fingerprint density at radius 2 is 1.00 bits per heavy atom. The maximum Gasteiger partial charge on any atom is 0.195 e. The second kappa shape index (κ2) is 8.71. The van der Waals surface area contributed by atoms with Gasteiger partial charge in [0, 0.05) is 12.0 Å². The first kappa shape index (κ1) is 21.0. The zero-order valence-corrected chi connectivity index (χ0v) is 17.1. The summed E-state index contributed by atoms with van der Waals surface area (Å²) in [6, 6.07) is 23.3. The monoisotopic (exact) mass is 428 g/mol. The van der Waals surface area contributed by atoms with Crippen molar-refractivity contribution in [2.75, 3.05) is 0 Å². The Morgan fingerprint density at radius 3 is 1.41 bits per heavy atom. The minimum absolute atomic E-state index is 0.0864. The van der Waals surface area contributed by atoms with E-state index in [1.165, 1.54) is 48.5 Å². The number of hydrogen-bond donors (Lipinski definition) is 0. The normalized spacial score (nSPS) is 12.0. The first-order valence-corrected chi connectivity index (χ1v) is 12.1. The lowest BCUT2D eigenvalue weighted by atomic mass is 10.1. The van der Waals surface area contributed by atoms with E-state index in [-0.39, 0.29) is 28.4 Å².